The minimum Gasteiger partial charge on any atom is -0.503 e. The van der Waals surface area contributed by atoms with Crippen molar-refractivity contribution in [2.45, 2.75) is 0 Å². The molecular weight excluding hydrogens is 337 g/mol. The van der Waals surface area contributed by atoms with Gasteiger partial charge >= 0.3 is 0 Å². The van der Waals surface area contributed by atoms with Gasteiger partial charge in [0.05, 0.1) is 23.2 Å². The maximum Gasteiger partial charge on any atom is 0.172 e. The molecule has 0 aromatic heterocycles. The topological polar surface area (TPSA) is 53.2 Å². The Morgan fingerprint density at radius 1 is 1.38 bits per heavy atom. The quantitative estimate of drug-likeness (QED) is 0.662. The molecule has 1 N–H and O–H groups in total. The average Bonchev–Trinajstić information content (AvgIpc) is 2.49. The van der Waals surface area contributed by atoms with Crippen molar-refractivity contribution in [3.05, 3.63) is 57.8 Å². The van der Waals surface area contributed by atoms with Crippen LogP contribution in [0.25, 0.3) is 11.6 Å². The van der Waals surface area contributed by atoms with E-state index in [1.165, 1.54) is 25.3 Å². The summed E-state index contributed by atoms with van der Waals surface area (Å²) in [7, 11) is 1.43. The van der Waals surface area contributed by atoms with Gasteiger partial charge in [-0.3, -0.25) is 0 Å². The number of allylic oxidation sites excluding steroid dienone is 1. The number of hydrogen-bond acceptors (Lipinski definition) is 3. The van der Waals surface area contributed by atoms with Crippen LogP contribution in [0.5, 0.6) is 11.5 Å². The number of benzene rings is 2. The van der Waals surface area contributed by atoms with Crippen LogP contribution in [0.15, 0.2) is 40.9 Å². The summed E-state index contributed by atoms with van der Waals surface area (Å²) in [6.07, 6.45) is 1.53. The van der Waals surface area contributed by atoms with E-state index in [0.717, 1.165) is 0 Å². The van der Waals surface area contributed by atoms with E-state index in [4.69, 9.17) is 4.74 Å². The van der Waals surface area contributed by atoms with Gasteiger partial charge in [-0.2, -0.15) is 5.26 Å². The van der Waals surface area contributed by atoms with E-state index in [0.29, 0.717) is 10.0 Å². The second-order valence-electron chi connectivity index (χ2n) is 4.20. The van der Waals surface area contributed by atoms with Crippen molar-refractivity contribution in [2.75, 3.05) is 7.11 Å². The molecular formula is C16H11BrFNO2. The summed E-state index contributed by atoms with van der Waals surface area (Å²) in [5.74, 6) is -0.226. The Labute approximate surface area is 130 Å². The molecule has 106 valence electrons. The van der Waals surface area contributed by atoms with Crippen molar-refractivity contribution in [2.24, 2.45) is 0 Å². The Morgan fingerprint density at radius 3 is 2.71 bits per heavy atom. The highest BCUT2D eigenvalue weighted by Gasteiger charge is 2.10. The minimum absolute atomic E-state index is 0.0287. The van der Waals surface area contributed by atoms with Crippen molar-refractivity contribution in [3.8, 4) is 17.6 Å². The normalized spacial score (nSPS) is 11.0. The average molecular weight is 348 g/mol. The SMILES string of the molecule is COc1cc(/C=C(/C#N)c2ccccc2F)cc(Br)c1O. The molecule has 0 bridgehead atoms. The molecule has 3 nitrogen and oxygen atoms in total. The third-order valence-corrected chi connectivity index (χ3v) is 3.47. The monoisotopic (exact) mass is 347 g/mol. The lowest BCUT2D eigenvalue weighted by atomic mass is 10.0. The molecule has 2 aromatic rings. The van der Waals surface area contributed by atoms with E-state index in [-0.39, 0.29) is 22.6 Å². The Hall–Kier alpha value is -2.32. The maximum absolute atomic E-state index is 13.8. The van der Waals surface area contributed by atoms with Gasteiger partial charge in [0, 0.05) is 5.56 Å². The first-order valence-corrected chi connectivity index (χ1v) is 6.79. The van der Waals surface area contributed by atoms with Gasteiger partial charge in [0.1, 0.15) is 5.82 Å². The molecule has 21 heavy (non-hydrogen) atoms. The largest absolute Gasteiger partial charge is 0.503 e. The van der Waals surface area contributed by atoms with Crippen LogP contribution in [0.3, 0.4) is 0 Å². The van der Waals surface area contributed by atoms with Gasteiger partial charge in [0.2, 0.25) is 0 Å². The Bertz CT molecular complexity index is 750. The summed E-state index contributed by atoms with van der Waals surface area (Å²) in [5.41, 5.74) is 1.02. The molecule has 0 spiro atoms. The number of ether oxygens (including phenoxy) is 1. The first kappa shape index (κ1) is 15.1. The number of phenols is 1. The van der Waals surface area contributed by atoms with Crippen molar-refractivity contribution < 1.29 is 14.2 Å². The maximum atomic E-state index is 13.8. The number of nitriles is 1. The fraction of sp³-hybridized carbons (Fsp3) is 0.0625. The number of nitrogens with zero attached hydrogens (tertiary/aromatic N) is 1. The standard InChI is InChI=1S/C16H11BrFNO2/c1-21-15-8-10(7-13(17)16(15)20)6-11(9-19)12-4-2-3-5-14(12)18/h2-8,20H,1H3/b11-6-. The van der Waals surface area contributed by atoms with Crippen LogP contribution in [-0.2, 0) is 0 Å². The predicted octanol–water partition coefficient (Wildman–Crippen LogP) is 4.37. The third-order valence-electron chi connectivity index (χ3n) is 2.87. The molecule has 2 aromatic carbocycles. The molecule has 0 atom stereocenters. The highest BCUT2D eigenvalue weighted by atomic mass is 79.9. The first-order chi connectivity index (χ1) is 10.1. The van der Waals surface area contributed by atoms with Crippen LogP contribution in [0.1, 0.15) is 11.1 Å². The number of methoxy groups -OCH3 is 1. The molecule has 0 aliphatic carbocycles. The predicted molar refractivity (Wildman–Crippen MR) is 82.2 cm³/mol. The van der Waals surface area contributed by atoms with Crippen LogP contribution in [0.4, 0.5) is 4.39 Å². The van der Waals surface area contributed by atoms with E-state index in [2.05, 4.69) is 15.9 Å². The Balaban J connectivity index is 2.54. The molecule has 0 saturated heterocycles. The van der Waals surface area contributed by atoms with Gasteiger partial charge in [0.25, 0.3) is 0 Å². The van der Waals surface area contributed by atoms with Crippen LogP contribution in [0.2, 0.25) is 0 Å². The minimum atomic E-state index is -0.463. The number of hydrogen-bond donors (Lipinski definition) is 1. The lowest BCUT2D eigenvalue weighted by Crippen LogP contribution is -1.89. The molecule has 0 heterocycles. The summed E-state index contributed by atoms with van der Waals surface area (Å²) in [5, 5.41) is 19.0. The number of aromatic hydroxyl groups is 1. The zero-order valence-electron chi connectivity index (χ0n) is 11.1. The van der Waals surface area contributed by atoms with Crippen molar-refractivity contribution in [3.63, 3.8) is 0 Å². The van der Waals surface area contributed by atoms with E-state index in [1.54, 1.807) is 24.3 Å². The smallest absolute Gasteiger partial charge is 0.172 e. The molecule has 2 rings (SSSR count). The number of rotatable bonds is 3. The van der Waals surface area contributed by atoms with Gasteiger partial charge in [0.15, 0.2) is 11.5 Å². The fourth-order valence-corrected chi connectivity index (χ4v) is 2.31. The molecule has 5 heteroatoms. The zero-order chi connectivity index (χ0) is 15.4. The molecule has 0 amide bonds. The summed E-state index contributed by atoms with van der Waals surface area (Å²) >= 11 is 3.20. The Kier molecular flexibility index (Phi) is 4.61. The fourth-order valence-electron chi connectivity index (χ4n) is 1.85. The summed E-state index contributed by atoms with van der Waals surface area (Å²) in [4.78, 5) is 0. The van der Waals surface area contributed by atoms with Crippen molar-refractivity contribution in [1.29, 1.82) is 5.26 Å². The summed E-state index contributed by atoms with van der Waals surface area (Å²) < 4.78 is 19.2. The van der Waals surface area contributed by atoms with Crippen LogP contribution < -0.4 is 4.74 Å². The van der Waals surface area contributed by atoms with Gasteiger partial charge in [-0.05, 0) is 45.8 Å². The van der Waals surface area contributed by atoms with E-state index >= 15 is 0 Å². The van der Waals surface area contributed by atoms with Crippen LogP contribution >= 0.6 is 15.9 Å². The first-order valence-electron chi connectivity index (χ1n) is 6.00. The molecule has 0 fully saturated rings. The lowest BCUT2D eigenvalue weighted by molar-refractivity contribution is 0.372. The highest BCUT2D eigenvalue weighted by Crippen LogP contribution is 2.36. The van der Waals surface area contributed by atoms with Crippen LogP contribution in [0, 0.1) is 17.1 Å². The molecule has 0 aliphatic heterocycles. The zero-order valence-corrected chi connectivity index (χ0v) is 12.7. The molecule has 0 radical (unpaired) electrons. The van der Waals surface area contributed by atoms with Gasteiger partial charge < -0.3 is 9.84 Å². The van der Waals surface area contributed by atoms with Gasteiger partial charge in [-0.15, -0.1) is 0 Å². The van der Waals surface area contributed by atoms with Crippen molar-refractivity contribution in [1.82, 2.24) is 0 Å². The lowest BCUT2D eigenvalue weighted by Gasteiger charge is -2.07. The number of phenolic OH excluding ortho intramolecular Hbond substituents is 1. The second-order valence-corrected chi connectivity index (χ2v) is 5.06. The van der Waals surface area contributed by atoms with Gasteiger partial charge in [-0.1, -0.05) is 18.2 Å². The second kappa shape index (κ2) is 6.42. The Morgan fingerprint density at radius 2 is 2.10 bits per heavy atom. The van der Waals surface area contributed by atoms with E-state index in [9.17, 15) is 14.8 Å². The van der Waals surface area contributed by atoms with Gasteiger partial charge in [-0.25, -0.2) is 4.39 Å². The molecule has 0 aliphatic rings. The van der Waals surface area contributed by atoms with E-state index < -0.39 is 5.82 Å². The van der Waals surface area contributed by atoms with Crippen molar-refractivity contribution >= 4 is 27.6 Å². The molecule has 0 unspecified atom stereocenters. The summed E-state index contributed by atoms with van der Waals surface area (Å²) in [6.45, 7) is 0. The van der Waals surface area contributed by atoms with E-state index in [1.807, 2.05) is 6.07 Å². The summed E-state index contributed by atoms with van der Waals surface area (Å²) in [6, 6.07) is 11.2. The molecule has 0 saturated carbocycles. The highest BCUT2D eigenvalue weighted by molar-refractivity contribution is 9.10. The third kappa shape index (κ3) is 3.23. The van der Waals surface area contributed by atoms with Crippen LogP contribution in [-0.4, -0.2) is 12.2 Å². The number of halogens is 2.